The molecule has 2 heterocycles. The Bertz CT molecular complexity index is 683. The largest absolute Gasteiger partial charge is 0.390 e. The molecule has 0 saturated carbocycles. The van der Waals surface area contributed by atoms with Gasteiger partial charge in [0.25, 0.3) is 0 Å². The Balaban J connectivity index is 1.92. The van der Waals surface area contributed by atoms with Crippen LogP contribution in [0, 0.1) is 12.3 Å². The first-order valence-corrected chi connectivity index (χ1v) is 10.3. The molecule has 2 unspecified atom stereocenters. The summed E-state index contributed by atoms with van der Waals surface area (Å²) in [6.07, 6.45) is 4.61. The van der Waals surface area contributed by atoms with Crippen molar-refractivity contribution in [1.82, 2.24) is 18.8 Å². The molecule has 0 aliphatic carbocycles. The van der Waals surface area contributed by atoms with Crippen LogP contribution in [0.5, 0.6) is 0 Å². The first-order valence-electron chi connectivity index (χ1n) is 8.88. The van der Waals surface area contributed by atoms with E-state index in [1.54, 1.807) is 25.1 Å². The first-order chi connectivity index (χ1) is 12.6. The molecule has 0 aromatic rings. The van der Waals surface area contributed by atoms with Gasteiger partial charge in [-0.2, -0.15) is 12.7 Å². The maximum Gasteiger partial charge on any atom is 0.305 e. The van der Waals surface area contributed by atoms with Gasteiger partial charge in [-0.05, 0) is 19.3 Å². The molecule has 3 atom stereocenters. The standard InChI is InChI=1S/C16H28N5O5S/c1-12(16(17)24)5-6-15(23)18-13-4-3-7-20(10-14(13)22)27(25,26)21-9-8-19(2)11-21/h6,8-9,12-14,22H,3-5,7,10-11H2,1-2H3,(H2,17,24)(H,18,23)/t12?,13?,14-/m0/s1. The third-order valence-electron chi connectivity index (χ3n) is 4.72. The van der Waals surface area contributed by atoms with Crippen LogP contribution < -0.4 is 11.1 Å². The van der Waals surface area contributed by atoms with Crippen LogP contribution in [0.4, 0.5) is 0 Å². The topological polar surface area (TPSA) is 136 Å². The van der Waals surface area contributed by atoms with Crippen molar-refractivity contribution >= 4 is 22.0 Å². The summed E-state index contributed by atoms with van der Waals surface area (Å²) in [4.78, 5) is 24.8. The SMILES string of the molecule is CC(C[CH]C(=O)NC1CCCN(S(=O)(=O)N2C=CN(C)C2)C[C@@H]1O)C(N)=O. The van der Waals surface area contributed by atoms with E-state index in [9.17, 15) is 23.1 Å². The van der Waals surface area contributed by atoms with E-state index >= 15 is 0 Å². The van der Waals surface area contributed by atoms with Gasteiger partial charge in [-0.15, -0.1) is 0 Å². The van der Waals surface area contributed by atoms with Crippen molar-refractivity contribution in [3.05, 3.63) is 18.8 Å². The molecule has 4 N–H and O–H groups in total. The molecule has 27 heavy (non-hydrogen) atoms. The van der Waals surface area contributed by atoms with Gasteiger partial charge >= 0.3 is 10.2 Å². The predicted molar refractivity (Wildman–Crippen MR) is 98.5 cm³/mol. The number of β-amino-alcohol motifs (C(OH)–C–C–N with tert-alkyl or cyclic N) is 1. The van der Waals surface area contributed by atoms with Gasteiger partial charge < -0.3 is 21.1 Å². The summed E-state index contributed by atoms with van der Waals surface area (Å²) in [6, 6.07) is -0.561. The summed E-state index contributed by atoms with van der Waals surface area (Å²) in [6.45, 7) is 2.02. The Morgan fingerprint density at radius 3 is 2.70 bits per heavy atom. The molecule has 1 saturated heterocycles. The number of hydrogen-bond acceptors (Lipinski definition) is 6. The number of hydrogen-bond donors (Lipinski definition) is 3. The highest BCUT2D eigenvalue weighted by Gasteiger charge is 2.35. The average molecular weight is 402 g/mol. The highest BCUT2D eigenvalue weighted by Crippen LogP contribution is 2.20. The molecule has 1 fully saturated rings. The molecular formula is C16H28N5O5S. The lowest BCUT2D eigenvalue weighted by Crippen LogP contribution is -2.49. The highest BCUT2D eigenvalue weighted by atomic mass is 32.2. The molecule has 2 aliphatic rings. The molecular weight excluding hydrogens is 374 g/mol. The van der Waals surface area contributed by atoms with E-state index in [4.69, 9.17) is 5.73 Å². The number of aliphatic hydroxyl groups excluding tert-OH is 1. The molecule has 0 aromatic carbocycles. The number of nitrogens with two attached hydrogens (primary N) is 1. The molecule has 0 aromatic heterocycles. The lowest BCUT2D eigenvalue weighted by molar-refractivity contribution is -0.121. The molecule has 11 heteroatoms. The smallest absolute Gasteiger partial charge is 0.305 e. The third kappa shape index (κ3) is 5.56. The summed E-state index contributed by atoms with van der Waals surface area (Å²) >= 11 is 0. The Morgan fingerprint density at radius 2 is 2.11 bits per heavy atom. The zero-order chi connectivity index (χ0) is 20.2. The van der Waals surface area contributed by atoms with E-state index < -0.39 is 40.1 Å². The lowest BCUT2D eigenvalue weighted by Gasteiger charge is -2.28. The van der Waals surface area contributed by atoms with Crippen molar-refractivity contribution < 1.29 is 23.1 Å². The highest BCUT2D eigenvalue weighted by molar-refractivity contribution is 7.86. The van der Waals surface area contributed by atoms with Gasteiger partial charge in [0.05, 0.1) is 18.6 Å². The quantitative estimate of drug-likeness (QED) is 0.477. The van der Waals surface area contributed by atoms with Crippen molar-refractivity contribution in [2.45, 2.75) is 38.3 Å². The molecule has 153 valence electrons. The minimum absolute atomic E-state index is 0.0982. The fourth-order valence-corrected chi connectivity index (χ4v) is 4.46. The third-order valence-corrected chi connectivity index (χ3v) is 6.53. The van der Waals surface area contributed by atoms with Crippen molar-refractivity contribution in [2.75, 3.05) is 26.8 Å². The number of amides is 2. The fraction of sp³-hybridized carbons (Fsp3) is 0.688. The van der Waals surface area contributed by atoms with Crippen LogP contribution in [-0.4, -0.2) is 77.8 Å². The predicted octanol–water partition coefficient (Wildman–Crippen LogP) is -1.44. The van der Waals surface area contributed by atoms with E-state index in [1.165, 1.54) is 21.2 Å². The lowest BCUT2D eigenvalue weighted by atomic mass is 10.0. The van der Waals surface area contributed by atoms with Crippen LogP contribution in [0.3, 0.4) is 0 Å². The van der Waals surface area contributed by atoms with Gasteiger partial charge in [0.2, 0.25) is 11.8 Å². The minimum atomic E-state index is -3.73. The molecule has 0 bridgehead atoms. The van der Waals surface area contributed by atoms with E-state index in [-0.39, 0.29) is 26.2 Å². The summed E-state index contributed by atoms with van der Waals surface area (Å²) in [5.41, 5.74) is 5.16. The second-order valence-electron chi connectivity index (χ2n) is 7.02. The van der Waals surface area contributed by atoms with Gasteiger partial charge in [0.15, 0.2) is 0 Å². The molecule has 2 amide bonds. The fourth-order valence-electron chi connectivity index (χ4n) is 2.93. The van der Waals surface area contributed by atoms with Gasteiger partial charge in [-0.25, -0.2) is 4.31 Å². The zero-order valence-corrected chi connectivity index (χ0v) is 16.4. The number of aliphatic hydroxyl groups is 1. The molecule has 2 rings (SSSR count). The van der Waals surface area contributed by atoms with Crippen LogP contribution in [0.25, 0.3) is 0 Å². The number of nitrogens with one attached hydrogen (secondary N) is 1. The Labute approximate surface area is 160 Å². The Kier molecular flexibility index (Phi) is 7.06. The van der Waals surface area contributed by atoms with E-state index in [1.807, 2.05) is 0 Å². The van der Waals surface area contributed by atoms with Crippen LogP contribution in [0.1, 0.15) is 26.2 Å². The van der Waals surface area contributed by atoms with Crippen molar-refractivity contribution in [2.24, 2.45) is 11.7 Å². The van der Waals surface area contributed by atoms with E-state index in [2.05, 4.69) is 5.32 Å². The number of carbonyl (C=O) groups excluding carboxylic acids is 2. The normalized spacial score (nSPS) is 25.3. The average Bonchev–Trinajstić information content (AvgIpc) is 2.95. The van der Waals surface area contributed by atoms with Crippen molar-refractivity contribution in [3.8, 4) is 0 Å². The second-order valence-corrected chi connectivity index (χ2v) is 8.90. The number of nitrogens with zero attached hydrogens (tertiary/aromatic N) is 3. The number of rotatable bonds is 7. The number of primary amides is 1. The maximum absolute atomic E-state index is 12.7. The summed E-state index contributed by atoms with van der Waals surface area (Å²) in [5, 5.41) is 13.1. The van der Waals surface area contributed by atoms with Crippen LogP contribution >= 0.6 is 0 Å². The van der Waals surface area contributed by atoms with E-state index in [0.717, 1.165) is 0 Å². The molecule has 0 spiro atoms. The van der Waals surface area contributed by atoms with E-state index in [0.29, 0.717) is 12.8 Å². The maximum atomic E-state index is 12.7. The summed E-state index contributed by atoms with van der Waals surface area (Å²) in [5.74, 6) is -1.36. The Morgan fingerprint density at radius 1 is 1.41 bits per heavy atom. The zero-order valence-electron chi connectivity index (χ0n) is 15.6. The van der Waals surface area contributed by atoms with Gasteiger partial charge in [0.1, 0.15) is 6.67 Å². The van der Waals surface area contributed by atoms with Gasteiger partial charge in [-0.1, -0.05) is 6.92 Å². The van der Waals surface area contributed by atoms with Gasteiger partial charge in [0, 0.05) is 38.5 Å². The van der Waals surface area contributed by atoms with Crippen LogP contribution in [-0.2, 0) is 19.8 Å². The second kappa shape index (κ2) is 8.89. The van der Waals surface area contributed by atoms with Crippen LogP contribution in [0.2, 0.25) is 0 Å². The molecule has 1 radical (unpaired) electrons. The number of carbonyl (C=O) groups is 2. The monoisotopic (exact) mass is 402 g/mol. The molecule has 10 nitrogen and oxygen atoms in total. The van der Waals surface area contributed by atoms with Gasteiger partial charge in [-0.3, -0.25) is 9.59 Å². The van der Waals surface area contributed by atoms with Crippen molar-refractivity contribution in [1.29, 1.82) is 0 Å². The summed E-state index contributed by atoms with van der Waals surface area (Å²) < 4.78 is 27.9. The minimum Gasteiger partial charge on any atom is -0.390 e. The summed E-state index contributed by atoms with van der Waals surface area (Å²) in [7, 11) is -1.96. The van der Waals surface area contributed by atoms with Crippen LogP contribution in [0.15, 0.2) is 12.4 Å². The molecule has 2 aliphatic heterocycles. The first kappa shape index (κ1) is 21.5. The Hall–Kier alpha value is -1.85. The van der Waals surface area contributed by atoms with Crippen molar-refractivity contribution in [3.63, 3.8) is 0 Å².